The van der Waals surface area contributed by atoms with Gasteiger partial charge in [-0.25, -0.2) is 13.8 Å². The summed E-state index contributed by atoms with van der Waals surface area (Å²) in [7, 11) is 1.58. The van der Waals surface area contributed by atoms with Gasteiger partial charge in [-0.3, -0.25) is 9.59 Å². The SMILES string of the molecule is Cc1nc2c(Cl)c(-c3cccn4c(C(=O)c5cc(F)c(NC(=O)/C=C/CCl)c(F)c5)ccc34)c(C(F)(F)F)cc2n1C. The third-order valence-corrected chi connectivity index (χ3v) is 7.30. The summed E-state index contributed by atoms with van der Waals surface area (Å²) in [5.74, 6) is -3.57. The third kappa shape index (κ3) is 5.03. The van der Waals surface area contributed by atoms with Crippen LogP contribution in [-0.2, 0) is 18.0 Å². The van der Waals surface area contributed by atoms with Crippen molar-refractivity contribution in [2.75, 3.05) is 11.2 Å². The fraction of sp³-hybridized carbons (Fsp3) is 0.138. The predicted molar refractivity (Wildman–Crippen MR) is 150 cm³/mol. The van der Waals surface area contributed by atoms with Crippen molar-refractivity contribution in [2.24, 2.45) is 7.05 Å². The number of hydrogen-bond donors (Lipinski definition) is 1. The number of nitrogens with zero attached hydrogens (tertiary/aromatic N) is 3. The van der Waals surface area contributed by atoms with Crippen molar-refractivity contribution in [3.8, 4) is 11.1 Å². The Kier molecular flexibility index (Phi) is 7.59. The van der Waals surface area contributed by atoms with Crippen LogP contribution < -0.4 is 5.32 Å². The molecule has 0 aliphatic heterocycles. The zero-order valence-electron chi connectivity index (χ0n) is 21.8. The largest absolute Gasteiger partial charge is 0.417 e. The van der Waals surface area contributed by atoms with E-state index in [0.717, 1.165) is 24.3 Å². The number of anilines is 1. The summed E-state index contributed by atoms with van der Waals surface area (Å²) in [5.41, 5.74) is -1.89. The number of aryl methyl sites for hydroxylation is 2. The Morgan fingerprint density at radius 3 is 2.40 bits per heavy atom. The van der Waals surface area contributed by atoms with Crippen LogP contribution in [0.15, 0.2) is 60.8 Å². The highest BCUT2D eigenvalue weighted by molar-refractivity contribution is 6.38. The second-order valence-corrected chi connectivity index (χ2v) is 9.97. The molecular weight excluding hydrogens is 602 g/mol. The minimum absolute atomic E-state index is 0.0138. The number of halogens is 7. The van der Waals surface area contributed by atoms with Gasteiger partial charge >= 0.3 is 6.18 Å². The van der Waals surface area contributed by atoms with Gasteiger partial charge in [0.1, 0.15) is 28.7 Å². The molecule has 216 valence electrons. The first-order valence-corrected chi connectivity index (χ1v) is 13.1. The van der Waals surface area contributed by atoms with E-state index in [1.54, 1.807) is 14.0 Å². The fourth-order valence-electron chi connectivity index (χ4n) is 4.71. The maximum absolute atomic E-state index is 14.8. The van der Waals surface area contributed by atoms with Gasteiger partial charge in [0.2, 0.25) is 11.7 Å². The molecule has 6 nitrogen and oxygen atoms in total. The Morgan fingerprint density at radius 1 is 1.07 bits per heavy atom. The number of benzene rings is 2. The molecule has 0 unspecified atom stereocenters. The molecule has 0 radical (unpaired) electrons. The third-order valence-electron chi connectivity index (χ3n) is 6.75. The molecule has 0 saturated heterocycles. The highest BCUT2D eigenvalue weighted by Crippen LogP contribution is 2.45. The number of allylic oxidation sites excluding steroid dienone is 1. The van der Waals surface area contributed by atoms with E-state index in [4.69, 9.17) is 23.2 Å². The molecule has 1 N–H and O–H groups in total. The number of pyridine rings is 1. The summed E-state index contributed by atoms with van der Waals surface area (Å²) in [4.78, 5) is 29.5. The molecule has 5 aromatic rings. The van der Waals surface area contributed by atoms with Gasteiger partial charge in [-0.2, -0.15) is 13.2 Å². The van der Waals surface area contributed by atoms with Gasteiger partial charge in [-0.1, -0.05) is 23.7 Å². The van der Waals surface area contributed by atoms with E-state index >= 15 is 0 Å². The van der Waals surface area contributed by atoms with Crippen molar-refractivity contribution in [3.63, 3.8) is 0 Å². The number of rotatable bonds is 6. The number of amides is 1. The van der Waals surface area contributed by atoms with E-state index in [2.05, 4.69) is 4.98 Å². The number of carbonyl (C=O) groups excluding carboxylic acids is 2. The van der Waals surface area contributed by atoms with Gasteiger partial charge in [0.05, 0.1) is 27.3 Å². The van der Waals surface area contributed by atoms with Crippen LogP contribution >= 0.6 is 23.2 Å². The maximum Gasteiger partial charge on any atom is 0.417 e. The average Bonchev–Trinajstić information content (AvgIpc) is 3.49. The monoisotopic (exact) mass is 620 g/mol. The predicted octanol–water partition coefficient (Wildman–Crippen LogP) is 7.72. The van der Waals surface area contributed by atoms with Crippen molar-refractivity contribution in [3.05, 3.63) is 100 Å². The van der Waals surface area contributed by atoms with Crippen molar-refractivity contribution in [1.82, 2.24) is 14.0 Å². The molecule has 0 atom stereocenters. The topological polar surface area (TPSA) is 68.4 Å². The number of fused-ring (bicyclic) bond motifs is 2. The lowest BCUT2D eigenvalue weighted by Gasteiger charge is -2.17. The second-order valence-electron chi connectivity index (χ2n) is 9.28. The molecule has 1 amide bonds. The summed E-state index contributed by atoms with van der Waals surface area (Å²) >= 11 is 12.0. The van der Waals surface area contributed by atoms with Gasteiger partial charge < -0.3 is 14.3 Å². The van der Waals surface area contributed by atoms with E-state index < -0.39 is 40.8 Å². The van der Waals surface area contributed by atoms with E-state index in [1.165, 1.54) is 45.5 Å². The minimum atomic E-state index is -4.78. The lowest BCUT2D eigenvalue weighted by molar-refractivity contribution is -0.137. The number of alkyl halides is 4. The zero-order chi connectivity index (χ0) is 30.5. The van der Waals surface area contributed by atoms with E-state index in [0.29, 0.717) is 5.82 Å². The molecular formula is C29H19Cl2F5N4O2. The molecule has 13 heteroatoms. The van der Waals surface area contributed by atoms with Gasteiger partial charge in [-0.05, 0) is 43.3 Å². The number of imidazole rings is 1. The van der Waals surface area contributed by atoms with E-state index in [-0.39, 0.29) is 49.8 Å². The summed E-state index contributed by atoms with van der Waals surface area (Å²) < 4.78 is 75.3. The Labute approximate surface area is 245 Å². The summed E-state index contributed by atoms with van der Waals surface area (Å²) in [6.45, 7) is 1.64. The van der Waals surface area contributed by atoms with Crippen LogP contribution in [0.4, 0.5) is 27.6 Å². The van der Waals surface area contributed by atoms with Crippen molar-refractivity contribution in [1.29, 1.82) is 0 Å². The molecule has 3 heterocycles. The van der Waals surface area contributed by atoms with Crippen LogP contribution in [0.5, 0.6) is 0 Å². The minimum Gasteiger partial charge on any atom is -0.331 e. The number of ketones is 1. The molecule has 42 heavy (non-hydrogen) atoms. The van der Waals surface area contributed by atoms with Crippen LogP contribution in [0.1, 0.15) is 27.4 Å². The summed E-state index contributed by atoms with van der Waals surface area (Å²) in [6, 6.07) is 8.09. The second kappa shape index (κ2) is 10.9. The normalized spacial score (nSPS) is 12.1. The smallest absolute Gasteiger partial charge is 0.331 e. The van der Waals surface area contributed by atoms with Gasteiger partial charge in [0.25, 0.3) is 0 Å². The molecule has 0 spiro atoms. The lowest BCUT2D eigenvalue weighted by atomic mass is 9.97. The van der Waals surface area contributed by atoms with Crippen molar-refractivity contribution < 1.29 is 31.5 Å². The van der Waals surface area contributed by atoms with Crippen LogP contribution in [0.25, 0.3) is 27.7 Å². The summed E-state index contributed by atoms with van der Waals surface area (Å²) in [5, 5.41) is 1.83. The van der Waals surface area contributed by atoms with Gasteiger partial charge in [0.15, 0.2) is 0 Å². The average molecular weight is 621 g/mol. The molecule has 0 saturated carbocycles. The first-order valence-electron chi connectivity index (χ1n) is 12.2. The van der Waals surface area contributed by atoms with E-state index in [1.807, 2.05) is 5.32 Å². The Hall–Kier alpha value is -4.22. The highest BCUT2D eigenvalue weighted by Gasteiger charge is 2.37. The van der Waals surface area contributed by atoms with Crippen LogP contribution in [0.3, 0.4) is 0 Å². The molecule has 0 fully saturated rings. The van der Waals surface area contributed by atoms with Crippen molar-refractivity contribution in [2.45, 2.75) is 13.1 Å². The standard InChI is InChI=1S/C29H19Cl2F5N4O2/c1-14-37-27-22(39(14)2)13-17(29(34,35)36)24(25(27)31)16-5-4-10-40-20(16)7-8-21(40)28(42)15-11-18(32)26(19(33)12-15)38-23(41)6-3-9-30/h3-8,10-13H,9H2,1-2H3,(H,38,41)/b6-3+. The lowest BCUT2D eigenvalue weighted by Crippen LogP contribution is -2.13. The van der Waals surface area contributed by atoms with Gasteiger partial charge in [-0.15, -0.1) is 11.6 Å². The van der Waals surface area contributed by atoms with Crippen LogP contribution in [0.2, 0.25) is 5.02 Å². The van der Waals surface area contributed by atoms with Gasteiger partial charge in [0, 0.05) is 41.9 Å². The number of aromatic nitrogens is 3. The first-order chi connectivity index (χ1) is 19.8. The number of nitrogens with one attached hydrogen (secondary N) is 1. The fourth-order valence-corrected chi connectivity index (χ4v) is 5.14. The first kappa shape index (κ1) is 29.3. The van der Waals surface area contributed by atoms with E-state index in [9.17, 15) is 31.5 Å². The number of carbonyl (C=O) groups is 2. The molecule has 0 aliphatic carbocycles. The molecule has 3 aromatic heterocycles. The summed E-state index contributed by atoms with van der Waals surface area (Å²) in [6.07, 6.45) is -1.08. The Bertz CT molecular complexity index is 1920. The molecule has 0 bridgehead atoms. The maximum atomic E-state index is 14.8. The van der Waals surface area contributed by atoms with Crippen LogP contribution in [-0.4, -0.2) is 31.5 Å². The number of hydrogen-bond acceptors (Lipinski definition) is 3. The molecule has 2 aromatic carbocycles. The molecule has 0 aliphatic rings. The molecule has 5 rings (SSSR count). The van der Waals surface area contributed by atoms with Crippen molar-refractivity contribution >= 4 is 57.1 Å². The highest BCUT2D eigenvalue weighted by atomic mass is 35.5. The quantitative estimate of drug-likeness (QED) is 0.0914. The Morgan fingerprint density at radius 2 is 1.76 bits per heavy atom. The van der Waals surface area contributed by atoms with Crippen LogP contribution in [0, 0.1) is 18.6 Å². The zero-order valence-corrected chi connectivity index (χ0v) is 23.3. The Balaban J connectivity index is 1.62.